The summed E-state index contributed by atoms with van der Waals surface area (Å²) in [7, 11) is 1.76. The predicted molar refractivity (Wildman–Crippen MR) is 77.2 cm³/mol. The monoisotopic (exact) mass is 281 g/mol. The van der Waals surface area contributed by atoms with E-state index in [0.29, 0.717) is 30.1 Å². The average Bonchev–Trinajstić information content (AvgIpc) is 2.87. The topological polar surface area (TPSA) is 60.2 Å². The van der Waals surface area contributed by atoms with Gasteiger partial charge in [-0.15, -0.1) is 0 Å². The highest BCUT2D eigenvalue weighted by molar-refractivity contribution is 5.04. The fraction of sp³-hybridized carbons (Fsp3) is 0.867. The summed E-state index contributed by atoms with van der Waals surface area (Å²) >= 11 is 0. The zero-order chi connectivity index (χ0) is 14.6. The zero-order valence-electron chi connectivity index (χ0n) is 13.1. The number of methoxy groups -OCH3 is 1. The summed E-state index contributed by atoms with van der Waals surface area (Å²) in [4.78, 5) is 4.54. The van der Waals surface area contributed by atoms with Crippen LogP contribution >= 0.6 is 0 Å². The number of hydrogen-bond acceptors (Lipinski definition) is 5. The van der Waals surface area contributed by atoms with Crippen molar-refractivity contribution in [2.24, 2.45) is 11.8 Å². The Morgan fingerprint density at radius 1 is 1.50 bits per heavy atom. The van der Waals surface area contributed by atoms with E-state index < -0.39 is 0 Å². The van der Waals surface area contributed by atoms with E-state index >= 15 is 0 Å². The van der Waals surface area contributed by atoms with Gasteiger partial charge in [-0.1, -0.05) is 32.3 Å². The van der Waals surface area contributed by atoms with E-state index in [1.807, 2.05) is 0 Å². The fourth-order valence-corrected chi connectivity index (χ4v) is 2.96. The van der Waals surface area contributed by atoms with Crippen LogP contribution in [0.2, 0.25) is 0 Å². The van der Waals surface area contributed by atoms with Gasteiger partial charge in [0.05, 0.1) is 6.54 Å². The van der Waals surface area contributed by atoms with Gasteiger partial charge in [0.1, 0.15) is 5.60 Å². The minimum Gasteiger partial charge on any atom is -0.370 e. The molecule has 1 heterocycles. The van der Waals surface area contributed by atoms with E-state index in [9.17, 15) is 0 Å². The average molecular weight is 281 g/mol. The summed E-state index contributed by atoms with van der Waals surface area (Å²) < 4.78 is 11.1. The second-order valence-corrected chi connectivity index (χ2v) is 6.44. The molecule has 2 unspecified atom stereocenters. The van der Waals surface area contributed by atoms with Gasteiger partial charge in [0.25, 0.3) is 0 Å². The molecule has 0 bridgehead atoms. The van der Waals surface area contributed by atoms with Crippen molar-refractivity contribution < 1.29 is 9.26 Å². The van der Waals surface area contributed by atoms with Crippen LogP contribution in [0.25, 0.3) is 0 Å². The van der Waals surface area contributed by atoms with Crippen LogP contribution in [-0.2, 0) is 16.9 Å². The Hall–Kier alpha value is -0.940. The molecule has 5 heteroatoms. The van der Waals surface area contributed by atoms with Gasteiger partial charge in [0.15, 0.2) is 0 Å². The summed E-state index contributed by atoms with van der Waals surface area (Å²) in [6.07, 6.45) is 4.37. The zero-order valence-corrected chi connectivity index (χ0v) is 13.1. The van der Waals surface area contributed by atoms with E-state index in [1.165, 1.54) is 6.42 Å². The number of nitrogens with zero attached hydrogens (tertiary/aromatic N) is 2. The lowest BCUT2D eigenvalue weighted by Crippen LogP contribution is -2.35. The lowest BCUT2D eigenvalue weighted by atomic mass is 9.78. The molecule has 114 valence electrons. The maximum atomic E-state index is 5.79. The second-order valence-electron chi connectivity index (χ2n) is 6.44. The summed E-state index contributed by atoms with van der Waals surface area (Å²) in [6, 6.07) is 0. The standard InChI is InChI=1S/C15H27N3O2/c1-11(2)9-16-10-13-17-14(18-20-13)15(19-4)7-5-6-12(3)8-15/h11-12,16H,5-10H2,1-4H3. The molecule has 0 spiro atoms. The molecule has 0 aliphatic heterocycles. The van der Waals surface area contributed by atoms with Crippen LogP contribution in [-0.4, -0.2) is 23.8 Å². The van der Waals surface area contributed by atoms with E-state index in [4.69, 9.17) is 9.26 Å². The largest absolute Gasteiger partial charge is 0.370 e. The first kappa shape index (κ1) is 15.4. The van der Waals surface area contributed by atoms with Crippen molar-refractivity contribution in [3.8, 4) is 0 Å². The Kier molecular flexibility index (Phi) is 5.16. The van der Waals surface area contributed by atoms with Crippen LogP contribution in [0.3, 0.4) is 0 Å². The Morgan fingerprint density at radius 3 is 2.95 bits per heavy atom. The van der Waals surface area contributed by atoms with Gasteiger partial charge in [0.2, 0.25) is 11.7 Å². The van der Waals surface area contributed by atoms with Crippen molar-refractivity contribution in [2.45, 2.75) is 58.6 Å². The van der Waals surface area contributed by atoms with Gasteiger partial charge >= 0.3 is 0 Å². The van der Waals surface area contributed by atoms with Crippen LogP contribution in [0.15, 0.2) is 4.52 Å². The van der Waals surface area contributed by atoms with E-state index in [1.54, 1.807) is 7.11 Å². The van der Waals surface area contributed by atoms with Crippen LogP contribution in [0.1, 0.15) is 58.2 Å². The molecule has 0 aromatic carbocycles. The van der Waals surface area contributed by atoms with E-state index in [0.717, 1.165) is 25.8 Å². The number of rotatable bonds is 6. The summed E-state index contributed by atoms with van der Waals surface area (Å²) in [5, 5.41) is 7.48. The lowest BCUT2D eigenvalue weighted by molar-refractivity contribution is -0.0658. The quantitative estimate of drug-likeness (QED) is 0.868. The minimum absolute atomic E-state index is 0.350. The number of aromatic nitrogens is 2. The molecule has 1 N–H and O–H groups in total. The van der Waals surface area contributed by atoms with Gasteiger partial charge in [-0.2, -0.15) is 4.98 Å². The summed E-state index contributed by atoms with van der Waals surface area (Å²) in [5.74, 6) is 2.62. The van der Waals surface area contributed by atoms with E-state index in [2.05, 4.69) is 36.2 Å². The second kappa shape index (κ2) is 6.68. The Labute approximate surface area is 121 Å². The molecule has 5 nitrogen and oxygen atoms in total. The van der Waals surface area contributed by atoms with Crippen LogP contribution in [0.5, 0.6) is 0 Å². The molecule has 1 aliphatic rings. The normalized spacial score (nSPS) is 27.1. The number of nitrogens with one attached hydrogen (secondary N) is 1. The molecule has 1 fully saturated rings. The molecular weight excluding hydrogens is 254 g/mol. The van der Waals surface area contributed by atoms with E-state index in [-0.39, 0.29) is 5.60 Å². The van der Waals surface area contributed by atoms with Crippen LogP contribution < -0.4 is 5.32 Å². The van der Waals surface area contributed by atoms with Gasteiger partial charge in [-0.05, 0) is 37.6 Å². The molecule has 0 radical (unpaired) electrons. The molecule has 2 atom stereocenters. The van der Waals surface area contributed by atoms with Crippen molar-refractivity contribution in [3.63, 3.8) is 0 Å². The highest BCUT2D eigenvalue weighted by Gasteiger charge is 2.40. The molecule has 1 aromatic rings. The van der Waals surface area contributed by atoms with Crippen molar-refractivity contribution in [3.05, 3.63) is 11.7 Å². The highest BCUT2D eigenvalue weighted by atomic mass is 16.5. The van der Waals surface area contributed by atoms with Crippen LogP contribution in [0.4, 0.5) is 0 Å². The SMILES string of the molecule is COC1(c2noc(CNCC(C)C)n2)CCCC(C)C1. The Morgan fingerprint density at radius 2 is 2.30 bits per heavy atom. The third-order valence-corrected chi connectivity index (χ3v) is 4.05. The number of hydrogen-bond donors (Lipinski definition) is 1. The smallest absolute Gasteiger partial charge is 0.240 e. The molecule has 1 aliphatic carbocycles. The van der Waals surface area contributed by atoms with Gasteiger partial charge in [-0.25, -0.2) is 0 Å². The summed E-state index contributed by atoms with van der Waals surface area (Å²) in [6.45, 7) is 8.19. The maximum Gasteiger partial charge on any atom is 0.240 e. The van der Waals surface area contributed by atoms with Crippen molar-refractivity contribution >= 4 is 0 Å². The minimum atomic E-state index is -0.350. The lowest BCUT2D eigenvalue weighted by Gasteiger charge is -2.36. The maximum absolute atomic E-state index is 5.79. The third kappa shape index (κ3) is 3.58. The molecule has 20 heavy (non-hydrogen) atoms. The van der Waals surface area contributed by atoms with Crippen molar-refractivity contribution in [1.82, 2.24) is 15.5 Å². The van der Waals surface area contributed by atoms with Gasteiger partial charge < -0.3 is 14.6 Å². The Bertz CT molecular complexity index is 419. The molecule has 1 saturated carbocycles. The molecule has 2 rings (SSSR count). The molecular formula is C15H27N3O2. The highest BCUT2D eigenvalue weighted by Crippen LogP contribution is 2.41. The first-order valence-electron chi connectivity index (χ1n) is 7.64. The summed E-state index contributed by atoms with van der Waals surface area (Å²) in [5.41, 5.74) is -0.350. The predicted octanol–water partition coefficient (Wildman–Crippen LogP) is 2.87. The van der Waals surface area contributed by atoms with Crippen molar-refractivity contribution in [2.75, 3.05) is 13.7 Å². The molecule has 0 saturated heterocycles. The van der Waals surface area contributed by atoms with Gasteiger partial charge in [-0.3, -0.25) is 0 Å². The van der Waals surface area contributed by atoms with Gasteiger partial charge in [0, 0.05) is 7.11 Å². The fourth-order valence-electron chi connectivity index (χ4n) is 2.96. The Balaban J connectivity index is 2.02. The molecule has 1 aromatic heterocycles. The third-order valence-electron chi connectivity index (χ3n) is 4.05. The first-order chi connectivity index (χ1) is 9.55. The number of ether oxygens (including phenoxy) is 1. The molecule has 0 amide bonds. The van der Waals surface area contributed by atoms with Crippen LogP contribution in [0, 0.1) is 11.8 Å². The van der Waals surface area contributed by atoms with Crippen molar-refractivity contribution in [1.29, 1.82) is 0 Å². The first-order valence-corrected chi connectivity index (χ1v) is 7.64.